The number of rotatable bonds is 10. The van der Waals surface area contributed by atoms with Crippen LogP contribution < -0.4 is 14.8 Å². The van der Waals surface area contributed by atoms with Gasteiger partial charge in [-0.05, 0) is 73.2 Å². The van der Waals surface area contributed by atoms with Crippen LogP contribution in [0.4, 0.5) is 17.6 Å². The first-order valence-corrected chi connectivity index (χ1v) is 12.0. The van der Waals surface area contributed by atoms with E-state index in [1.54, 1.807) is 23.1 Å². The van der Waals surface area contributed by atoms with Crippen LogP contribution in [0.5, 0.6) is 11.5 Å². The highest BCUT2D eigenvalue weighted by Gasteiger charge is 2.44. The third-order valence-electron chi connectivity index (χ3n) is 6.73. The molecule has 4 rings (SSSR count). The minimum absolute atomic E-state index is 0.305. The first kappa shape index (κ1) is 25.5. The zero-order chi connectivity index (χ0) is 25.0. The Balaban J connectivity index is 1.68. The largest absolute Gasteiger partial charge is 0.496 e. The minimum Gasteiger partial charge on any atom is -0.496 e. The lowest BCUT2D eigenvalue weighted by Gasteiger charge is -2.43. The molecule has 0 unspecified atom stereocenters. The Labute approximate surface area is 203 Å². The molecule has 8 heteroatoms. The number of halogens is 4. The Bertz CT molecular complexity index is 1050. The van der Waals surface area contributed by atoms with E-state index >= 15 is 0 Å². The molecule has 35 heavy (non-hydrogen) atoms. The zero-order valence-corrected chi connectivity index (χ0v) is 20.1. The van der Waals surface area contributed by atoms with Crippen molar-refractivity contribution in [1.82, 2.24) is 10.2 Å². The van der Waals surface area contributed by atoms with E-state index in [4.69, 9.17) is 9.47 Å². The van der Waals surface area contributed by atoms with Crippen LogP contribution in [0.3, 0.4) is 0 Å². The molecule has 4 nitrogen and oxygen atoms in total. The second-order valence-electron chi connectivity index (χ2n) is 9.13. The van der Waals surface area contributed by atoms with Crippen molar-refractivity contribution in [3.05, 3.63) is 64.7 Å². The Kier molecular flexibility index (Phi) is 8.02. The predicted octanol–water partition coefficient (Wildman–Crippen LogP) is 5.73. The SMILES string of the molecule is COc1ccc(OCCNCCCF)cc1[C@@H]1C2=C(C[C@@H](C)N1CC(F)(F)F)c1ccccc1C2. The molecular weight excluding hydrogens is 460 g/mol. The number of hydrogen-bond acceptors (Lipinski definition) is 4. The van der Waals surface area contributed by atoms with Gasteiger partial charge in [-0.25, -0.2) is 0 Å². The molecule has 2 aromatic carbocycles. The molecule has 1 aliphatic heterocycles. The molecule has 1 heterocycles. The fourth-order valence-electron chi connectivity index (χ4n) is 5.22. The first-order chi connectivity index (χ1) is 16.8. The van der Waals surface area contributed by atoms with Crippen molar-refractivity contribution < 1.29 is 27.0 Å². The third kappa shape index (κ3) is 5.81. The van der Waals surface area contributed by atoms with E-state index in [0.717, 1.165) is 22.3 Å². The molecule has 0 spiro atoms. The summed E-state index contributed by atoms with van der Waals surface area (Å²) in [6.07, 6.45) is -2.70. The topological polar surface area (TPSA) is 33.7 Å². The number of nitrogens with one attached hydrogen (secondary N) is 1. The maximum atomic E-state index is 13.7. The summed E-state index contributed by atoms with van der Waals surface area (Å²) in [5.41, 5.74) is 5.09. The predicted molar refractivity (Wildman–Crippen MR) is 129 cm³/mol. The summed E-state index contributed by atoms with van der Waals surface area (Å²) in [5.74, 6) is 1.10. The highest BCUT2D eigenvalue weighted by atomic mass is 19.4. The number of hydrogen-bond donors (Lipinski definition) is 1. The summed E-state index contributed by atoms with van der Waals surface area (Å²) in [5, 5.41) is 3.11. The van der Waals surface area contributed by atoms with Crippen LogP contribution in [0.2, 0.25) is 0 Å². The molecule has 2 atom stereocenters. The summed E-state index contributed by atoms with van der Waals surface area (Å²) < 4.78 is 64.9. The summed E-state index contributed by atoms with van der Waals surface area (Å²) in [6.45, 7) is 1.97. The van der Waals surface area contributed by atoms with E-state index in [9.17, 15) is 17.6 Å². The van der Waals surface area contributed by atoms with Crippen molar-refractivity contribution in [3.8, 4) is 11.5 Å². The number of methoxy groups -OCH3 is 1. The maximum Gasteiger partial charge on any atom is 0.401 e. The van der Waals surface area contributed by atoms with Gasteiger partial charge in [0.1, 0.15) is 18.1 Å². The molecule has 0 aromatic heterocycles. The Morgan fingerprint density at radius 3 is 2.66 bits per heavy atom. The van der Waals surface area contributed by atoms with Crippen molar-refractivity contribution in [2.45, 2.75) is 44.4 Å². The van der Waals surface area contributed by atoms with Gasteiger partial charge >= 0.3 is 6.18 Å². The smallest absolute Gasteiger partial charge is 0.401 e. The van der Waals surface area contributed by atoms with E-state index in [1.807, 2.05) is 19.1 Å². The lowest BCUT2D eigenvalue weighted by atomic mass is 9.84. The van der Waals surface area contributed by atoms with Crippen LogP contribution in [-0.4, -0.2) is 57.1 Å². The Hall–Kier alpha value is -2.58. The lowest BCUT2D eigenvalue weighted by Crippen LogP contribution is -2.46. The van der Waals surface area contributed by atoms with Gasteiger partial charge < -0.3 is 14.8 Å². The molecule has 0 amide bonds. The molecule has 1 N–H and O–H groups in total. The number of ether oxygens (including phenoxy) is 2. The van der Waals surface area contributed by atoms with Gasteiger partial charge in [0.2, 0.25) is 0 Å². The van der Waals surface area contributed by atoms with Crippen molar-refractivity contribution in [1.29, 1.82) is 0 Å². The summed E-state index contributed by atoms with van der Waals surface area (Å²) in [6, 6.07) is 12.5. The normalized spacial score (nSPS) is 20.1. The summed E-state index contributed by atoms with van der Waals surface area (Å²) in [7, 11) is 1.53. The van der Waals surface area contributed by atoms with Crippen molar-refractivity contribution in [2.24, 2.45) is 0 Å². The second-order valence-corrected chi connectivity index (χ2v) is 9.13. The molecule has 2 aromatic rings. The van der Waals surface area contributed by atoms with E-state index in [0.29, 0.717) is 56.0 Å². The number of fused-ring (bicyclic) bond motifs is 2. The first-order valence-electron chi connectivity index (χ1n) is 12.0. The summed E-state index contributed by atoms with van der Waals surface area (Å²) >= 11 is 0. The van der Waals surface area contributed by atoms with Gasteiger partial charge in [0.15, 0.2) is 0 Å². The monoisotopic (exact) mass is 492 g/mol. The molecule has 0 fully saturated rings. The molecule has 0 saturated carbocycles. The van der Waals surface area contributed by atoms with Crippen LogP contribution in [0, 0.1) is 0 Å². The van der Waals surface area contributed by atoms with Gasteiger partial charge in [-0.3, -0.25) is 9.29 Å². The van der Waals surface area contributed by atoms with Crippen LogP contribution in [0.1, 0.15) is 42.5 Å². The maximum absolute atomic E-state index is 13.7. The number of benzene rings is 2. The van der Waals surface area contributed by atoms with Gasteiger partial charge in [0.05, 0.1) is 26.4 Å². The van der Waals surface area contributed by atoms with Gasteiger partial charge in [-0.15, -0.1) is 0 Å². The third-order valence-corrected chi connectivity index (χ3v) is 6.73. The van der Waals surface area contributed by atoms with Crippen LogP contribution in [0.25, 0.3) is 5.57 Å². The molecule has 0 saturated heterocycles. The average Bonchev–Trinajstić information content (AvgIpc) is 3.19. The average molecular weight is 493 g/mol. The van der Waals surface area contributed by atoms with Crippen LogP contribution in [0.15, 0.2) is 48.0 Å². The molecule has 0 bridgehead atoms. The summed E-state index contributed by atoms with van der Waals surface area (Å²) in [4.78, 5) is 1.55. The quantitative estimate of drug-likeness (QED) is 0.339. The second kappa shape index (κ2) is 11.0. The van der Waals surface area contributed by atoms with Gasteiger partial charge in [0, 0.05) is 18.2 Å². The highest BCUT2D eigenvalue weighted by molar-refractivity contribution is 5.79. The van der Waals surface area contributed by atoms with Gasteiger partial charge in [-0.1, -0.05) is 24.3 Å². The molecule has 2 aliphatic rings. The van der Waals surface area contributed by atoms with Crippen molar-refractivity contribution >= 4 is 5.57 Å². The minimum atomic E-state index is -4.33. The van der Waals surface area contributed by atoms with E-state index in [2.05, 4.69) is 17.4 Å². The van der Waals surface area contributed by atoms with E-state index in [1.165, 1.54) is 7.11 Å². The van der Waals surface area contributed by atoms with Gasteiger partial charge in [-0.2, -0.15) is 13.2 Å². The van der Waals surface area contributed by atoms with Gasteiger partial charge in [0.25, 0.3) is 0 Å². The lowest BCUT2D eigenvalue weighted by molar-refractivity contribution is -0.155. The Morgan fingerprint density at radius 1 is 1.11 bits per heavy atom. The van der Waals surface area contributed by atoms with Crippen molar-refractivity contribution in [2.75, 3.05) is 40.0 Å². The highest BCUT2D eigenvalue weighted by Crippen LogP contribution is 2.51. The Morgan fingerprint density at radius 2 is 1.91 bits per heavy atom. The molecule has 190 valence electrons. The molecular formula is C27H32F4N2O2. The zero-order valence-electron chi connectivity index (χ0n) is 20.1. The fraction of sp³-hybridized carbons (Fsp3) is 0.481. The molecule has 1 aliphatic carbocycles. The van der Waals surface area contributed by atoms with Crippen LogP contribution >= 0.6 is 0 Å². The number of nitrogens with zero attached hydrogens (tertiary/aromatic N) is 1. The van der Waals surface area contributed by atoms with E-state index in [-0.39, 0.29) is 12.7 Å². The van der Waals surface area contributed by atoms with E-state index < -0.39 is 18.8 Å². The fourth-order valence-corrected chi connectivity index (χ4v) is 5.22. The van der Waals surface area contributed by atoms with Crippen molar-refractivity contribution in [3.63, 3.8) is 0 Å². The number of alkyl halides is 4. The standard InChI is InChI=1S/C27H32F4N2O2/c1-18-14-22-21-7-4-3-6-19(21)15-23(22)26(33(18)17-27(29,30)31)24-16-20(8-9-25(24)34-2)35-13-12-32-11-5-10-28/h3-4,6-9,16,18,26,32H,5,10-15,17H2,1-2H3/t18-,26+/m1/s1. The van der Waals surface area contributed by atoms with Crippen LogP contribution in [-0.2, 0) is 6.42 Å². The molecule has 0 radical (unpaired) electrons.